The molecular weight excluding hydrogens is 394 g/mol. The number of nitrogens with zero attached hydrogens (tertiary/aromatic N) is 3. The molecule has 4 rings (SSSR count). The van der Waals surface area contributed by atoms with Crippen LogP contribution in [0.2, 0.25) is 0 Å². The third-order valence-electron chi connectivity index (χ3n) is 4.33. The Morgan fingerprint density at radius 1 is 1.32 bits per heavy atom. The lowest BCUT2D eigenvalue weighted by atomic mass is 10.0. The fourth-order valence-corrected chi connectivity index (χ4v) is 4.99. The van der Waals surface area contributed by atoms with E-state index in [9.17, 15) is 9.59 Å². The van der Waals surface area contributed by atoms with Crippen LogP contribution < -0.4 is 14.9 Å². The molecule has 0 saturated heterocycles. The lowest BCUT2D eigenvalue weighted by Crippen LogP contribution is -2.39. The molecular formula is C20H17N3O3S2. The SMILES string of the molecule is CCOC(=O)C1=C(C)N=c2s/c(=C\c3ccncc3)c(=O)n2C1c1cccs1. The Hall–Kier alpha value is -2.84. The van der Waals surface area contributed by atoms with Crippen molar-refractivity contribution in [3.8, 4) is 0 Å². The monoisotopic (exact) mass is 411 g/mol. The summed E-state index contributed by atoms with van der Waals surface area (Å²) >= 11 is 2.81. The van der Waals surface area contributed by atoms with Crippen molar-refractivity contribution in [2.45, 2.75) is 19.9 Å². The third kappa shape index (κ3) is 3.25. The molecule has 1 unspecified atom stereocenters. The number of carbonyl (C=O) groups is 1. The summed E-state index contributed by atoms with van der Waals surface area (Å²) in [5.74, 6) is -0.439. The average Bonchev–Trinajstić information content (AvgIpc) is 3.31. The van der Waals surface area contributed by atoms with Gasteiger partial charge in [-0.2, -0.15) is 0 Å². The molecule has 28 heavy (non-hydrogen) atoms. The molecule has 1 aliphatic rings. The normalized spacial score (nSPS) is 16.6. The van der Waals surface area contributed by atoms with Gasteiger partial charge >= 0.3 is 5.97 Å². The van der Waals surface area contributed by atoms with Gasteiger partial charge in [0.15, 0.2) is 4.80 Å². The maximum atomic E-state index is 13.3. The first-order valence-electron chi connectivity index (χ1n) is 8.73. The van der Waals surface area contributed by atoms with E-state index in [2.05, 4.69) is 9.98 Å². The van der Waals surface area contributed by atoms with Gasteiger partial charge in [-0.25, -0.2) is 9.79 Å². The number of hydrogen-bond acceptors (Lipinski definition) is 7. The minimum absolute atomic E-state index is 0.173. The van der Waals surface area contributed by atoms with E-state index in [1.165, 1.54) is 22.7 Å². The number of thiazole rings is 1. The van der Waals surface area contributed by atoms with Gasteiger partial charge in [-0.1, -0.05) is 17.4 Å². The molecule has 0 amide bonds. The van der Waals surface area contributed by atoms with Crippen molar-refractivity contribution in [2.24, 2.45) is 4.99 Å². The van der Waals surface area contributed by atoms with Crippen molar-refractivity contribution < 1.29 is 9.53 Å². The summed E-state index contributed by atoms with van der Waals surface area (Å²) in [6.45, 7) is 3.81. The van der Waals surface area contributed by atoms with Crippen molar-refractivity contribution in [1.29, 1.82) is 0 Å². The first kappa shape index (κ1) is 18.5. The lowest BCUT2D eigenvalue weighted by molar-refractivity contribution is -0.139. The van der Waals surface area contributed by atoms with Crippen LogP contribution in [0.25, 0.3) is 6.08 Å². The van der Waals surface area contributed by atoms with Crippen LogP contribution in [0.1, 0.15) is 30.3 Å². The van der Waals surface area contributed by atoms with Crippen LogP contribution in [0.5, 0.6) is 0 Å². The van der Waals surface area contributed by atoms with E-state index in [0.29, 0.717) is 20.6 Å². The Kier molecular flexibility index (Phi) is 5.06. The molecule has 142 valence electrons. The highest BCUT2D eigenvalue weighted by Gasteiger charge is 2.33. The number of esters is 1. The van der Waals surface area contributed by atoms with E-state index in [4.69, 9.17) is 4.74 Å². The molecule has 8 heteroatoms. The van der Waals surface area contributed by atoms with Crippen LogP contribution in [0.15, 0.2) is 63.1 Å². The smallest absolute Gasteiger partial charge is 0.338 e. The Bertz CT molecular complexity index is 1220. The predicted octanol–water partition coefficient (Wildman–Crippen LogP) is 2.25. The zero-order valence-electron chi connectivity index (χ0n) is 15.3. The second kappa shape index (κ2) is 7.65. The average molecular weight is 412 g/mol. The summed E-state index contributed by atoms with van der Waals surface area (Å²) in [4.78, 5) is 35.9. The maximum Gasteiger partial charge on any atom is 0.338 e. The number of ether oxygens (including phenoxy) is 1. The summed E-state index contributed by atoms with van der Waals surface area (Å²) in [5.41, 5.74) is 1.70. The fraction of sp³-hybridized carbons (Fsp3) is 0.200. The molecule has 0 spiro atoms. The second-order valence-electron chi connectivity index (χ2n) is 6.10. The van der Waals surface area contributed by atoms with Crippen molar-refractivity contribution in [1.82, 2.24) is 9.55 Å². The highest BCUT2D eigenvalue weighted by atomic mass is 32.1. The molecule has 0 aliphatic carbocycles. The van der Waals surface area contributed by atoms with Crippen molar-refractivity contribution in [2.75, 3.05) is 6.61 Å². The molecule has 1 atom stereocenters. The minimum atomic E-state index is -0.533. The largest absolute Gasteiger partial charge is 0.463 e. The van der Waals surface area contributed by atoms with Crippen molar-refractivity contribution in [3.63, 3.8) is 0 Å². The fourth-order valence-electron chi connectivity index (χ4n) is 3.12. The zero-order chi connectivity index (χ0) is 19.7. The van der Waals surface area contributed by atoms with E-state index in [1.54, 1.807) is 30.8 Å². The number of fused-ring (bicyclic) bond motifs is 1. The van der Waals surface area contributed by atoms with Gasteiger partial charge in [0.25, 0.3) is 5.56 Å². The minimum Gasteiger partial charge on any atom is -0.463 e. The van der Waals surface area contributed by atoms with E-state index in [-0.39, 0.29) is 12.2 Å². The summed E-state index contributed by atoms with van der Waals surface area (Å²) in [5, 5.41) is 1.93. The topological polar surface area (TPSA) is 73.6 Å². The van der Waals surface area contributed by atoms with E-state index >= 15 is 0 Å². The van der Waals surface area contributed by atoms with Crippen molar-refractivity contribution >= 4 is 34.7 Å². The Morgan fingerprint density at radius 3 is 2.79 bits per heavy atom. The molecule has 0 N–H and O–H groups in total. The van der Waals surface area contributed by atoms with Gasteiger partial charge in [0.05, 0.1) is 22.4 Å². The first-order valence-corrected chi connectivity index (χ1v) is 10.4. The van der Waals surface area contributed by atoms with Gasteiger partial charge in [-0.15, -0.1) is 11.3 Å². The number of thiophene rings is 1. The number of carbonyl (C=O) groups excluding carboxylic acids is 1. The van der Waals surface area contributed by atoms with Gasteiger partial charge in [0.1, 0.15) is 6.04 Å². The first-order chi connectivity index (χ1) is 13.6. The Morgan fingerprint density at radius 2 is 2.11 bits per heavy atom. The zero-order valence-corrected chi connectivity index (χ0v) is 16.9. The quantitative estimate of drug-likeness (QED) is 0.618. The summed E-state index contributed by atoms with van der Waals surface area (Å²) < 4.78 is 7.42. The number of rotatable bonds is 4. The molecule has 4 heterocycles. The van der Waals surface area contributed by atoms with Crippen LogP contribution in [-0.2, 0) is 9.53 Å². The molecule has 6 nitrogen and oxygen atoms in total. The second-order valence-corrected chi connectivity index (χ2v) is 8.09. The van der Waals surface area contributed by atoms with Crippen LogP contribution in [-0.4, -0.2) is 22.1 Å². The molecule has 3 aromatic rings. The van der Waals surface area contributed by atoms with Crippen LogP contribution in [0.3, 0.4) is 0 Å². The highest BCUT2D eigenvalue weighted by Crippen LogP contribution is 2.33. The molecule has 0 saturated carbocycles. The van der Waals surface area contributed by atoms with E-state index in [1.807, 2.05) is 35.7 Å². The molecule has 0 bridgehead atoms. The summed E-state index contributed by atoms with van der Waals surface area (Å²) in [6, 6.07) is 6.97. The van der Waals surface area contributed by atoms with Gasteiger partial charge in [0.2, 0.25) is 0 Å². The van der Waals surface area contributed by atoms with E-state index in [0.717, 1.165) is 10.4 Å². The number of allylic oxidation sites excluding steroid dienone is 1. The summed E-state index contributed by atoms with van der Waals surface area (Å²) in [7, 11) is 0. The number of hydrogen-bond donors (Lipinski definition) is 0. The van der Waals surface area contributed by atoms with Crippen LogP contribution in [0.4, 0.5) is 0 Å². The third-order valence-corrected chi connectivity index (χ3v) is 6.24. The van der Waals surface area contributed by atoms with E-state index < -0.39 is 12.0 Å². The molecule has 0 radical (unpaired) electrons. The lowest BCUT2D eigenvalue weighted by Gasteiger charge is -2.23. The van der Waals surface area contributed by atoms with Gasteiger partial charge in [-0.05, 0) is 49.1 Å². The standard InChI is InChI=1S/C20H17N3O3S2/c1-3-26-19(25)16-12(2)22-20-23(17(16)14-5-4-10-27-14)18(24)15(28-20)11-13-6-8-21-9-7-13/h4-11,17H,3H2,1-2H3/b15-11-. The number of pyridine rings is 1. The molecule has 3 aromatic heterocycles. The molecule has 0 aromatic carbocycles. The predicted molar refractivity (Wildman–Crippen MR) is 109 cm³/mol. The Labute approximate surface area is 168 Å². The van der Waals surface area contributed by atoms with Gasteiger partial charge in [0, 0.05) is 17.3 Å². The van der Waals surface area contributed by atoms with Gasteiger partial charge in [-0.3, -0.25) is 14.3 Å². The Balaban J connectivity index is 1.95. The molecule has 0 fully saturated rings. The van der Waals surface area contributed by atoms with Gasteiger partial charge < -0.3 is 4.74 Å². The van der Waals surface area contributed by atoms with Crippen LogP contribution >= 0.6 is 22.7 Å². The van der Waals surface area contributed by atoms with Crippen LogP contribution in [0, 0.1) is 0 Å². The molecule has 1 aliphatic heterocycles. The maximum absolute atomic E-state index is 13.3. The highest BCUT2D eigenvalue weighted by molar-refractivity contribution is 7.10. The summed E-state index contributed by atoms with van der Waals surface area (Å²) in [6.07, 6.45) is 5.18. The van der Waals surface area contributed by atoms with Crippen molar-refractivity contribution in [3.05, 3.63) is 83.4 Å². The number of aromatic nitrogens is 2.